The smallest absolute Gasteiger partial charge is 0.399 e. The topological polar surface area (TPSA) is 66.5 Å². The highest BCUT2D eigenvalue weighted by Gasteiger charge is 2.52. The molecule has 134 valence electrons. The van der Waals surface area contributed by atoms with Gasteiger partial charge in [0.25, 0.3) is 0 Å². The number of hydrogen-bond acceptors (Lipinski definition) is 5. The van der Waals surface area contributed by atoms with Crippen LogP contribution >= 0.6 is 11.9 Å². The highest BCUT2D eigenvalue weighted by atomic mass is 32.2. The molecule has 1 aromatic rings. The number of aromatic nitrogens is 1. The van der Waals surface area contributed by atoms with Crippen LogP contribution in [0, 0.1) is 0 Å². The second-order valence-corrected chi connectivity index (χ2v) is 8.88. The summed E-state index contributed by atoms with van der Waals surface area (Å²) in [6.07, 6.45) is 2.73. The van der Waals surface area contributed by atoms with E-state index in [1.54, 1.807) is 17.7 Å². The summed E-state index contributed by atoms with van der Waals surface area (Å²) in [5, 5.41) is 6.00. The van der Waals surface area contributed by atoms with Gasteiger partial charge in [0.1, 0.15) is 0 Å². The lowest BCUT2D eigenvalue weighted by molar-refractivity contribution is 0.00578. The maximum absolute atomic E-state index is 12.2. The Balaban J connectivity index is 2.43. The normalized spacial score (nSPS) is 21.8. The maximum Gasteiger partial charge on any atom is 0.496 e. The molecule has 1 saturated heterocycles. The molecule has 1 unspecified atom stereocenters. The SMILES string of the molecule is CC(C[C@H](C)c1cc(=O)n(C)cc1B1OC(C)(C)C(C)(C)O1)SN. The van der Waals surface area contributed by atoms with Gasteiger partial charge in [-0.2, -0.15) is 0 Å². The molecule has 2 rings (SSSR count). The van der Waals surface area contributed by atoms with Gasteiger partial charge in [0, 0.05) is 30.0 Å². The monoisotopic (exact) mass is 352 g/mol. The van der Waals surface area contributed by atoms with Crippen molar-refractivity contribution in [1.82, 2.24) is 4.57 Å². The minimum absolute atomic E-state index is 0.0230. The molecule has 0 radical (unpaired) electrons. The summed E-state index contributed by atoms with van der Waals surface area (Å²) in [7, 11) is 1.28. The van der Waals surface area contributed by atoms with Crippen molar-refractivity contribution in [3.05, 3.63) is 28.2 Å². The molecule has 2 N–H and O–H groups in total. The zero-order valence-electron chi connectivity index (χ0n) is 15.8. The Hall–Kier alpha value is -0.755. The molecular formula is C17H29BN2O3S. The third-order valence-corrected chi connectivity index (χ3v) is 5.91. The van der Waals surface area contributed by atoms with Crippen LogP contribution < -0.4 is 16.2 Å². The Morgan fingerprint density at radius 1 is 1.25 bits per heavy atom. The number of aryl methyl sites for hydroxylation is 1. The van der Waals surface area contributed by atoms with Crippen molar-refractivity contribution >= 4 is 24.5 Å². The predicted molar refractivity (Wildman–Crippen MR) is 102 cm³/mol. The fourth-order valence-corrected chi connectivity index (χ4v) is 3.34. The Kier molecular flexibility index (Phi) is 5.60. The van der Waals surface area contributed by atoms with Gasteiger partial charge in [0.2, 0.25) is 5.56 Å². The summed E-state index contributed by atoms with van der Waals surface area (Å²) in [4.78, 5) is 12.2. The molecule has 1 aliphatic rings. The first-order valence-corrected chi connectivity index (χ1v) is 9.34. The standard InChI is InChI=1S/C17H29BN2O3S/c1-11(8-12(2)24-19)13-9-15(21)20(7)10-14(13)18-22-16(3,4)17(5,6)23-18/h9-12H,8,19H2,1-7H3/t11-,12?/m0/s1. The lowest BCUT2D eigenvalue weighted by Crippen LogP contribution is -2.41. The van der Waals surface area contributed by atoms with E-state index in [4.69, 9.17) is 14.4 Å². The lowest BCUT2D eigenvalue weighted by Gasteiger charge is -2.32. The van der Waals surface area contributed by atoms with Gasteiger partial charge in [-0.05, 0) is 45.6 Å². The third kappa shape index (κ3) is 3.74. The molecule has 1 aliphatic heterocycles. The highest BCUT2D eigenvalue weighted by Crippen LogP contribution is 2.37. The zero-order chi connectivity index (χ0) is 18.3. The molecule has 1 aromatic heterocycles. The predicted octanol–water partition coefficient (Wildman–Crippen LogP) is 2.17. The van der Waals surface area contributed by atoms with Crippen molar-refractivity contribution in [1.29, 1.82) is 0 Å². The van der Waals surface area contributed by atoms with Crippen LogP contribution in [0.1, 0.15) is 59.4 Å². The van der Waals surface area contributed by atoms with E-state index in [0.717, 1.165) is 17.4 Å². The van der Waals surface area contributed by atoms with Crippen LogP contribution in [0.2, 0.25) is 0 Å². The Morgan fingerprint density at radius 3 is 2.29 bits per heavy atom. The number of rotatable bonds is 5. The van der Waals surface area contributed by atoms with Crippen molar-refractivity contribution in [3.63, 3.8) is 0 Å². The molecule has 24 heavy (non-hydrogen) atoms. The van der Waals surface area contributed by atoms with Gasteiger partial charge >= 0.3 is 7.12 Å². The van der Waals surface area contributed by atoms with E-state index < -0.39 is 18.3 Å². The Bertz CT molecular complexity index is 644. The molecule has 5 nitrogen and oxygen atoms in total. The van der Waals surface area contributed by atoms with E-state index in [0.29, 0.717) is 5.25 Å². The zero-order valence-corrected chi connectivity index (χ0v) is 16.6. The summed E-state index contributed by atoms with van der Waals surface area (Å²) in [5.74, 6) is 0.193. The van der Waals surface area contributed by atoms with Gasteiger partial charge < -0.3 is 13.9 Å². The molecule has 0 spiro atoms. The number of nitrogens with two attached hydrogens (primary N) is 1. The summed E-state index contributed by atoms with van der Waals surface area (Å²) in [6.45, 7) is 12.3. The van der Waals surface area contributed by atoms with E-state index in [-0.39, 0.29) is 11.5 Å². The molecule has 2 atom stereocenters. The van der Waals surface area contributed by atoms with E-state index in [9.17, 15) is 4.79 Å². The third-order valence-electron chi connectivity index (χ3n) is 5.25. The molecule has 0 amide bonds. The van der Waals surface area contributed by atoms with Crippen LogP contribution in [-0.2, 0) is 16.4 Å². The summed E-state index contributed by atoms with van der Waals surface area (Å²) < 4.78 is 14.0. The van der Waals surface area contributed by atoms with Gasteiger partial charge in [-0.15, -0.1) is 0 Å². The van der Waals surface area contributed by atoms with Gasteiger partial charge in [-0.1, -0.05) is 25.8 Å². The number of nitrogens with zero attached hydrogens (tertiary/aromatic N) is 1. The molecule has 1 fully saturated rings. The molecule has 0 bridgehead atoms. The van der Waals surface area contributed by atoms with E-state index >= 15 is 0 Å². The minimum atomic E-state index is -0.472. The second-order valence-electron chi connectivity index (χ2n) is 7.80. The minimum Gasteiger partial charge on any atom is -0.399 e. The number of pyridine rings is 1. The maximum atomic E-state index is 12.2. The van der Waals surface area contributed by atoms with Gasteiger partial charge in [-0.3, -0.25) is 9.93 Å². The van der Waals surface area contributed by atoms with Crippen LogP contribution in [0.25, 0.3) is 0 Å². The average Bonchev–Trinajstić information content (AvgIpc) is 2.69. The summed E-state index contributed by atoms with van der Waals surface area (Å²) >= 11 is 1.35. The van der Waals surface area contributed by atoms with Crippen molar-refractivity contribution in [2.75, 3.05) is 0 Å². The molecule has 0 saturated carbocycles. The fraction of sp³-hybridized carbons (Fsp3) is 0.706. The molecule has 0 aromatic carbocycles. The van der Waals surface area contributed by atoms with Crippen molar-refractivity contribution in [2.24, 2.45) is 12.2 Å². The molecule has 2 heterocycles. The Labute approximate surface area is 149 Å². The highest BCUT2D eigenvalue weighted by molar-refractivity contribution is 7.97. The summed E-state index contributed by atoms with van der Waals surface area (Å²) in [5.41, 5.74) is 1.07. The van der Waals surface area contributed by atoms with E-state index in [1.807, 2.05) is 33.9 Å². The largest absolute Gasteiger partial charge is 0.496 e. The van der Waals surface area contributed by atoms with Crippen molar-refractivity contribution in [3.8, 4) is 0 Å². The van der Waals surface area contributed by atoms with Crippen molar-refractivity contribution < 1.29 is 9.31 Å². The second kappa shape index (κ2) is 6.86. The van der Waals surface area contributed by atoms with Crippen LogP contribution in [0.15, 0.2) is 17.1 Å². The van der Waals surface area contributed by atoms with Crippen molar-refractivity contribution in [2.45, 2.75) is 70.3 Å². The quantitative estimate of drug-likeness (QED) is 0.650. The van der Waals surface area contributed by atoms with Gasteiger partial charge in [-0.25, -0.2) is 0 Å². The van der Waals surface area contributed by atoms with Crippen LogP contribution in [0.4, 0.5) is 0 Å². The molecule has 0 aliphatic carbocycles. The number of hydrogen-bond donors (Lipinski definition) is 1. The first-order chi connectivity index (χ1) is 11.0. The van der Waals surface area contributed by atoms with E-state index in [2.05, 4.69) is 13.8 Å². The van der Waals surface area contributed by atoms with Gasteiger partial charge in [0.05, 0.1) is 11.2 Å². The van der Waals surface area contributed by atoms with Crippen LogP contribution in [-0.4, -0.2) is 28.1 Å². The summed E-state index contributed by atoms with van der Waals surface area (Å²) in [6, 6.07) is 1.71. The first-order valence-electron chi connectivity index (χ1n) is 8.40. The van der Waals surface area contributed by atoms with E-state index in [1.165, 1.54) is 11.9 Å². The van der Waals surface area contributed by atoms with Gasteiger partial charge in [0.15, 0.2) is 0 Å². The Morgan fingerprint density at radius 2 is 1.79 bits per heavy atom. The fourth-order valence-electron chi connectivity index (χ4n) is 2.94. The van der Waals surface area contributed by atoms with Crippen LogP contribution in [0.5, 0.6) is 0 Å². The van der Waals surface area contributed by atoms with Crippen LogP contribution in [0.3, 0.4) is 0 Å². The lowest BCUT2D eigenvalue weighted by atomic mass is 9.73. The molecule has 7 heteroatoms. The first kappa shape index (κ1) is 19.6. The average molecular weight is 352 g/mol. The molecular weight excluding hydrogens is 323 g/mol.